The van der Waals surface area contributed by atoms with Gasteiger partial charge in [0.1, 0.15) is 11.5 Å². The fourth-order valence-corrected chi connectivity index (χ4v) is 5.06. The largest absolute Gasteiger partial charge is 0.497 e. The van der Waals surface area contributed by atoms with Crippen LogP contribution < -0.4 is 9.47 Å². The zero-order valence-electron chi connectivity index (χ0n) is 19.6. The fourth-order valence-electron chi connectivity index (χ4n) is 5.06. The van der Waals surface area contributed by atoms with E-state index < -0.39 is 0 Å². The summed E-state index contributed by atoms with van der Waals surface area (Å²) in [4.78, 5) is 32.2. The summed E-state index contributed by atoms with van der Waals surface area (Å²) in [5.74, 6) is 1.62. The number of fused-ring (bicyclic) bond motifs is 1. The molecule has 1 fully saturated rings. The number of carbonyl (C=O) groups excluding carboxylic acids is 2. The maximum Gasteiger partial charge on any atom is 0.320 e. The Labute approximate surface area is 186 Å². The predicted octanol–water partition coefficient (Wildman–Crippen LogP) is 3.71. The quantitative estimate of drug-likeness (QED) is 0.689. The zero-order chi connectivity index (χ0) is 22.5. The molecule has 2 unspecified atom stereocenters. The van der Waals surface area contributed by atoms with Crippen LogP contribution in [0.4, 0.5) is 4.79 Å². The van der Waals surface area contributed by atoms with Gasteiger partial charge in [-0.2, -0.15) is 0 Å². The van der Waals surface area contributed by atoms with Gasteiger partial charge in [-0.15, -0.1) is 0 Å². The summed E-state index contributed by atoms with van der Waals surface area (Å²) in [6.07, 6.45) is 3.29. The van der Waals surface area contributed by atoms with Crippen molar-refractivity contribution in [2.75, 3.05) is 46.9 Å². The molecule has 0 radical (unpaired) electrons. The van der Waals surface area contributed by atoms with E-state index in [0.717, 1.165) is 42.7 Å². The highest BCUT2D eigenvalue weighted by molar-refractivity contribution is 5.81. The van der Waals surface area contributed by atoms with Crippen LogP contribution >= 0.6 is 0 Å². The molecule has 2 heterocycles. The van der Waals surface area contributed by atoms with E-state index >= 15 is 0 Å². The average molecular weight is 432 g/mol. The number of piperidine rings is 1. The number of methoxy groups -OCH3 is 2. The van der Waals surface area contributed by atoms with Crippen molar-refractivity contribution in [3.8, 4) is 11.5 Å². The molecule has 0 bridgehead atoms. The molecule has 2 aliphatic heterocycles. The lowest BCUT2D eigenvalue weighted by Crippen LogP contribution is -2.52. The summed E-state index contributed by atoms with van der Waals surface area (Å²) in [7, 11) is 3.32. The van der Waals surface area contributed by atoms with Crippen LogP contribution in [-0.2, 0) is 11.2 Å². The van der Waals surface area contributed by atoms with E-state index in [4.69, 9.17) is 9.47 Å². The first kappa shape index (κ1) is 23.2. The van der Waals surface area contributed by atoms with Gasteiger partial charge in [0.05, 0.1) is 26.2 Å². The number of hydrogen-bond donors (Lipinski definition) is 0. The Morgan fingerprint density at radius 2 is 1.84 bits per heavy atom. The molecule has 0 aliphatic carbocycles. The SMILES string of the molecule is CCC1c2c(cc(OC)cc2OC)CCN1C(=O)N1CCCC(C(=O)N(CC)CC)C1. The first-order valence-electron chi connectivity index (χ1n) is 11.6. The molecule has 2 aliphatic rings. The van der Waals surface area contributed by atoms with Gasteiger partial charge in [-0.1, -0.05) is 6.92 Å². The van der Waals surface area contributed by atoms with Crippen LogP contribution in [0.15, 0.2) is 12.1 Å². The minimum absolute atomic E-state index is 0.0346. The second-order valence-corrected chi connectivity index (χ2v) is 8.35. The molecule has 172 valence electrons. The Kier molecular flexibility index (Phi) is 7.68. The van der Waals surface area contributed by atoms with Gasteiger partial charge in [0.25, 0.3) is 0 Å². The van der Waals surface area contributed by atoms with Crippen LogP contribution in [0.3, 0.4) is 0 Å². The minimum Gasteiger partial charge on any atom is -0.497 e. The Morgan fingerprint density at radius 3 is 2.45 bits per heavy atom. The van der Waals surface area contributed by atoms with Crippen molar-refractivity contribution in [3.05, 3.63) is 23.3 Å². The first-order chi connectivity index (χ1) is 15.0. The predicted molar refractivity (Wildman–Crippen MR) is 121 cm³/mol. The molecule has 0 N–H and O–H groups in total. The monoisotopic (exact) mass is 431 g/mol. The number of carbonyl (C=O) groups is 2. The van der Waals surface area contributed by atoms with Gasteiger partial charge in [-0.05, 0) is 51.2 Å². The van der Waals surface area contributed by atoms with E-state index in [1.54, 1.807) is 14.2 Å². The van der Waals surface area contributed by atoms with Gasteiger partial charge in [0.15, 0.2) is 0 Å². The van der Waals surface area contributed by atoms with Crippen molar-refractivity contribution in [1.29, 1.82) is 0 Å². The Balaban J connectivity index is 1.81. The van der Waals surface area contributed by atoms with Crippen molar-refractivity contribution in [3.63, 3.8) is 0 Å². The van der Waals surface area contributed by atoms with Crippen molar-refractivity contribution in [2.45, 2.75) is 52.5 Å². The summed E-state index contributed by atoms with van der Waals surface area (Å²) in [6.45, 7) is 9.42. The number of likely N-dealkylation sites (tertiary alicyclic amines) is 1. The number of rotatable bonds is 6. The number of benzene rings is 1. The van der Waals surface area contributed by atoms with Gasteiger partial charge in [0, 0.05) is 44.4 Å². The summed E-state index contributed by atoms with van der Waals surface area (Å²) >= 11 is 0. The van der Waals surface area contributed by atoms with Gasteiger partial charge in [0.2, 0.25) is 5.91 Å². The molecule has 1 aromatic rings. The third-order valence-electron chi connectivity index (χ3n) is 6.74. The Morgan fingerprint density at radius 1 is 1.10 bits per heavy atom. The van der Waals surface area contributed by atoms with E-state index in [0.29, 0.717) is 32.7 Å². The number of nitrogens with zero attached hydrogens (tertiary/aromatic N) is 3. The maximum atomic E-state index is 13.6. The van der Waals surface area contributed by atoms with Crippen molar-refractivity contribution < 1.29 is 19.1 Å². The highest BCUT2D eigenvalue weighted by Gasteiger charge is 2.37. The van der Waals surface area contributed by atoms with Crippen LogP contribution in [0.5, 0.6) is 11.5 Å². The summed E-state index contributed by atoms with van der Waals surface area (Å²) < 4.78 is 11.1. The minimum atomic E-state index is -0.103. The number of ether oxygens (including phenoxy) is 2. The number of urea groups is 1. The van der Waals surface area contributed by atoms with Crippen LogP contribution in [0.25, 0.3) is 0 Å². The Hall–Kier alpha value is -2.44. The molecule has 1 saturated heterocycles. The second kappa shape index (κ2) is 10.2. The lowest BCUT2D eigenvalue weighted by molar-refractivity contribution is -0.136. The molecular weight excluding hydrogens is 394 g/mol. The van der Waals surface area contributed by atoms with Crippen molar-refractivity contribution in [1.82, 2.24) is 14.7 Å². The third-order valence-corrected chi connectivity index (χ3v) is 6.74. The van der Waals surface area contributed by atoms with Crippen molar-refractivity contribution in [2.24, 2.45) is 5.92 Å². The molecule has 31 heavy (non-hydrogen) atoms. The molecule has 1 aromatic carbocycles. The molecular formula is C24H37N3O4. The van der Waals surface area contributed by atoms with Gasteiger partial charge >= 0.3 is 6.03 Å². The number of hydrogen-bond acceptors (Lipinski definition) is 4. The standard InChI is InChI=1S/C24H37N3O4/c1-6-20-22-17(14-19(30-4)15-21(22)31-5)11-13-27(20)24(29)26-12-9-10-18(16-26)23(28)25(7-2)8-3/h14-15,18,20H,6-13,16H2,1-5H3. The van der Waals surface area contributed by atoms with E-state index in [1.807, 2.05) is 34.6 Å². The average Bonchev–Trinajstić information content (AvgIpc) is 2.82. The normalized spacial score (nSPS) is 20.8. The molecule has 2 atom stereocenters. The van der Waals surface area contributed by atoms with Crippen LogP contribution in [-0.4, -0.2) is 73.6 Å². The lowest BCUT2D eigenvalue weighted by atomic mass is 9.89. The molecule has 7 heteroatoms. The van der Waals surface area contributed by atoms with Crippen molar-refractivity contribution >= 4 is 11.9 Å². The van der Waals surface area contributed by atoms with E-state index in [9.17, 15) is 9.59 Å². The maximum absolute atomic E-state index is 13.6. The smallest absolute Gasteiger partial charge is 0.320 e. The Bertz CT molecular complexity index is 776. The van der Waals surface area contributed by atoms with Crippen LogP contribution in [0, 0.1) is 5.92 Å². The number of amides is 3. The molecule has 7 nitrogen and oxygen atoms in total. The summed E-state index contributed by atoms with van der Waals surface area (Å²) in [5, 5.41) is 0. The molecule has 3 rings (SSSR count). The van der Waals surface area contributed by atoms with E-state index in [-0.39, 0.29) is 23.9 Å². The van der Waals surface area contributed by atoms with Gasteiger partial charge in [-0.25, -0.2) is 4.79 Å². The molecule has 3 amide bonds. The van der Waals surface area contributed by atoms with Crippen LogP contribution in [0.1, 0.15) is 57.2 Å². The highest BCUT2D eigenvalue weighted by Crippen LogP contribution is 2.41. The molecule has 0 aromatic heterocycles. The zero-order valence-corrected chi connectivity index (χ0v) is 19.6. The lowest BCUT2D eigenvalue weighted by Gasteiger charge is -2.42. The van der Waals surface area contributed by atoms with E-state index in [2.05, 4.69) is 13.0 Å². The highest BCUT2D eigenvalue weighted by atomic mass is 16.5. The molecule has 0 spiro atoms. The summed E-state index contributed by atoms with van der Waals surface area (Å²) in [5.41, 5.74) is 2.26. The summed E-state index contributed by atoms with van der Waals surface area (Å²) in [6, 6.07) is 3.94. The van der Waals surface area contributed by atoms with Gasteiger partial charge < -0.3 is 24.2 Å². The second-order valence-electron chi connectivity index (χ2n) is 8.35. The van der Waals surface area contributed by atoms with Crippen LogP contribution in [0.2, 0.25) is 0 Å². The topological polar surface area (TPSA) is 62.3 Å². The fraction of sp³-hybridized carbons (Fsp3) is 0.667. The first-order valence-corrected chi connectivity index (χ1v) is 11.6. The molecule has 0 saturated carbocycles. The third kappa shape index (κ3) is 4.60. The van der Waals surface area contributed by atoms with E-state index in [1.165, 1.54) is 5.56 Å². The van der Waals surface area contributed by atoms with Gasteiger partial charge in [-0.3, -0.25) is 4.79 Å².